The van der Waals surface area contributed by atoms with Gasteiger partial charge in [-0.15, -0.1) is 0 Å². The standard InChI is InChI=1S/C21H30N2O2/c1-5-25-20(24)22-16-21(2,14-9-15-23(3)4)19-13-8-11-17-10-6-7-12-18(17)19/h6-8,10-13H,5,9,14-16H2,1-4H3,(H,22,24). The molecule has 0 radical (unpaired) electrons. The summed E-state index contributed by atoms with van der Waals surface area (Å²) >= 11 is 0. The van der Waals surface area contributed by atoms with Gasteiger partial charge < -0.3 is 15.0 Å². The summed E-state index contributed by atoms with van der Waals surface area (Å²) in [5, 5.41) is 5.43. The summed E-state index contributed by atoms with van der Waals surface area (Å²) < 4.78 is 5.05. The van der Waals surface area contributed by atoms with E-state index >= 15 is 0 Å². The highest BCUT2D eigenvalue weighted by molar-refractivity contribution is 5.86. The van der Waals surface area contributed by atoms with Crippen molar-refractivity contribution in [3.63, 3.8) is 0 Å². The van der Waals surface area contributed by atoms with Crippen LogP contribution < -0.4 is 5.32 Å². The van der Waals surface area contributed by atoms with Gasteiger partial charge in [0.25, 0.3) is 0 Å². The third kappa shape index (κ3) is 5.20. The first kappa shape index (κ1) is 19.3. The van der Waals surface area contributed by atoms with Crippen molar-refractivity contribution in [3.05, 3.63) is 48.0 Å². The molecule has 0 aliphatic heterocycles. The molecule has 2 aromatic carbocycles. The van der Waals surface area contributed by atoms with Crippen LogP contribution in [0.5, 0.6) is 0 Å². The van der Waals surface area contributed by atoms with Crippen molar-refractivity contribution in [1.29, 1.82) is 0 Å². The van der Waals surface area contributed by atoms with Gasteiger partial charge in [-0.05, 0) is 56.7 Å². The molecular formula is C21H30N2O2. The Morgan fingerprint density at radius 3 is 2.60 bits per heavy atom. The fourth-order valence-corrected chi connectivity index (χ4v) is 3.30. The number of rotatable bonds is 8. The van der Waals surface area contributed by atoms with E-state index in [2.05, 4.69) is 73.7 Å². The topological polar surface area (TPSA) is 41.6 Å². The van der Waals surface area contributed by atoms with Gasteiger partial charge in [-0.3, -0.25) is 0 Å². The molecule has 0 saturated carbocycles. The molecule has 0 aliphatic rings. The highest BCUT2D eigenvalue weighted by atomic mass is 16.5. The predicted octanol–water partition coefficient (Wildman–Crippen LogP) is 4.19. The molecule has 0 aromatic heterocycles. The van der Waals surface area contributed by atoms with E-state index in [1.807, 2.05) is 6.92 Å². The molecule has 4 nitrogen and oxygen atoms in total. The Labute approximate surface area is 151 Å². The molecule has 2 aromatic rings. The lowest BCUT2D eigenvalue weighted by molar-refractivity contribution is 0.149. The van der Waals surface area contributed by atoms with Crippen molar-refractivity contribution in [2.45, 2.75) is 32.1 Å². The van der Waals surface area contributed by atoms with Crippen molar-refractivity contribution in [2.24, 2.45) is 0 Å². The molecule has 1 unspecified atom stereocenters. The van der Waals surface area contributed by atoms with Gasteiger partial charge in [0.1, 0.15) is 0 Å². The minimum atomic E-state index is -0.346. The van der Waals surface area contributed by atoms with Crippen LogP contribution in [0.25, 0.3) is 10.8 Å². The van der Waals surface area contributed by atoms with Crippen molar-refractivity contribution >= 4 is 16.9 Å². The molecule has 0 spiro atoms. The molecule has 4 heteroatoms. The third-order valence-electron chi connectivity index (χ3n) is 4.67. The Balaban J connectivity index is 2.30. The van der Waals surface area contributed by atoms with E-state index < -0.39 is 0 Å². The fourth-order valence-electron chi connectivity index (χ4n) is 3.30. The van der Waals surface area contributed by atoms with Crippen LogP contribution in [0.1, 0.15) is 32.3 Å². The van der Waals surface area contributed by atoms with E-state index in [1.165, 1.54) is 16.3 Å². The Morgan fingerprint density at radius 1 is 1.16 bits per heavy atom. The molecule has 25 heavy (non-hydrogen) atoms. The summed E-state index contributed by atoms with van der Waals surface area (Å²) in [6, 6.07) is 14.9. The zero-order valence-electron chi connectivity index (χ0n) is 15.8. The Kier molecular flexibility index (Phi) is 6.82. The number of hydrogen-bond acceptors (Lipinski definition) is 3. The maximum Gasteiger partial charge on any atom is 0.407 e. The van der Waals surface area contributed by atoms with Gasteiger partial charge in [0.2, 0.25) is 0 Å². The summed E-state index contributed by atoms with van der Waals surface area (Å²) in [5.74, 6) is 0. The van der Waals surface area contributed by atoms with Crippen LogP contribution in [0, 0.1) is 0 Å². The van der Waals surface area contributed by atoms with Gasteiger partial charge in [-0.2, -0.15) is 0 Å². The maximum atomic E-state index is 11.8. The molecule has 0 fully saturated rings. The summed E-state index contributed by atoms with van der Waals surface area (Å²) in [7, 11) is 4.18. The number of ether oxygens (including phenoxy) is 1. The number of hydrogen-bond donors (Lipinski definition) is 1. The van der Waals surface area contributed by atoms with Crippen LogP contribution in [0.3, 0.4) is 0 Å². The third-order valence-corrected chi connectivity index (χ3v) is 4.67. The number of benzene rings is 2. The van der Waals surface area contributed by atoms with Crippen LogP contribution in [-0.4, -0.2) is 44.8 Å². The molecule has 2 rings (SSSR count). The van der Waals surface area contributed by atoms with Gasteiger partial charge in [0.15, 0.2) is 0 Å². The Hall–Kier alpha value is -2.07. The van der Waals surface area contributed by atoms with E-state index in [0.29, 0.717) is 13.2 Å². The maximum absolute atomic E-state index is 11.8. The van der Waals surface area contributed by atoms with Crippen LogP contribution in [0.15, 0.2) is 42.5 Å². The number of alkyl carbamates (subject to hydrolysis) is 1. The molecule has 0 saturated heterocycles. The molecule has 0 heterocycles. The molecule has 0 aliphatic carbocycles. The molecule has 1 amide bonds. The molecule has 136 valence electrons. The predicted molar refractivity (Wildman–Crippen MR) is 104 cm³/mol. The number of amides is 1. The lowest BCUT2D eigenvalue weighted by Crippen LogP contribution is -2.39. The van der Waals surface area contributed by atoms with Gasteiger partial charge >= 0.3 is 6.09 Å². The van der Waals surface area contributed by atoms with Gasteiger partial charge in [0.05, 0.1) is 6.61 Å². The number of nitrogens with one attached hydrogen (secondary N) is 1. The van der Waals surface area contributed by atoms with Crippen molar-refractivity contribution in [2.75, 3.05) is 33.8 Å². The number of carbonyl (C=O) groups is 1. The number of fused-ring (bicyclic) bond motifs is 1. The number of nitrogens with zero attached hydrogens (tertiary/aromatic N) is 1. The average molecular weight is 342 g/mol. The first-order chi connectivity index (χ1) is 12.0. The summed E-state index contributed by atoms with van der Waals surface area (Å²) in [4.78, 5) is 14.0. The van der Waals surface area contributed by atoms with E-state index in [1.54, 1.807) is 0 Å². The second kappa shape index (κ2) is 8.86. The lowest BCUT2D eigenvalue weighted by Gasteiger charge is -2.32. The fraction of sp³-hybridized carbons (Fsp3) is 0.476. The van der Waals surface area contributed by atoms with Crippen LogP contribution in [0.2, 0.25) is 0 Å². The Bertz CT molecular complexity index is 694. The molecule has 0 bridgehead atoms. The van der Waals surface area contributed by atoms with E-state index in [0.717, 1.165) is 19.4 Å². The van der Waals surface area contributed by atoms with Crippen LogP contribution in [-0.2, 0) is 10.2 Å². The SMILES string of the molecule is CCOC(=O)NCC(C)(CCCN(C)C)c1cccc2ccccc12. The van der Waals surface area contributed by atoms with Gasteiger partial charge in [0, 0.05) is 12.0 Å². The average Bonchev–Trinajstić information content (AvgIpc) is 2.59. The van der Waals surface area contributed by atoms with Gasteiger partial charge in [-0.25, -0.2) is 4.79 Å². The second-order valence-corrected chi connectivity index (χ2v) is 7.07. The summed E-state index contributed by atoms with van der Waals surface area (Å²) in [5.41, 5.74) is 1.13. The smallest absolute Gasteiger partial charge is 0.407 e. The lowest BCUT2D eigenvalue weighted by atomic mass is 9.76. The van der Waals surface area contributed by atoms with E-state index in [9.17, 15) is 4.79 Å². The Morgan fingerprint density at radius 2 is 1.88 bits per heavy atom. The zero-order chi connectivity index (χ0) is 18.3. The normalized spacial score (nSPS) is 13.6. The van der Waals surface area contributed by atoms with Crippen LogP contribution in [0.4, 0.5) is 4.79 Å². The van der Waals surface area contributed by atoms with Crippen molar-refractivity contribution in [3.8, 4) is 0 Å². The van der Waals surface area contributed by atoms with E-state index in [4.69, 9.17) is 4.74 Å². The summed E-state index contributed by atoms with van der Waals surface area (Å²) in [6.45, 7) is 6.03. The van der Waals surface area contributed by atoms with Crippen LogP contribution >= 0.6 is 0 Å². The highest BCUT2D eigenvalue weighted by Gasteiger charge is 2.29. The quantitative estimate of drug-likeness (QED) is 0.782. The molecule has 1 atom stereocenters. The van der Waals surface area contributed by atoms with Crippen molar-refractivity contribution < 1.29 is 9.53 Å². The minimum Gasteiger partial charge on any atom is -0.450 e. The van der Waals surface area contributed by atoms with Gasteiger partial charge in [-0.1, -0.05) is 49.4 Å². The van der Waals surface area contributed by atoms with E-state index in [-0.39, 0.29) is 11.5 Å². The first-order valence-electron chi connectivity index (χ1n) is 9.00. The highest BCUT2D eigenvalue weighted by Crippen LogP contribution is 2.34. The largest absolute Gasteiger partial charge is 0.450 e. The molecule has 1 N–H and O–H groups in total. The minimum absolute atomic E-state index is 0.149. The van der Waals surface area contributed by atoms with Crippen molar-refractivity contribution in [1.82, 2.24) is 10.2 Å². The zero-order valence-corrected chi connectivity index (χ0v) is 15.8. The first-order valence-corrected chi connectivity index (χ1v) is 9.00. The monoisotopic (exact) mass is 342 g/mol. The molecular weight excluding hydrogens is 312 g/mol. The summed E-state index contributed by atoms with van der Waals surface area (Å²) in [6.07, 6.45) is 1.71. The number of carbonyl (C=O) groups excluding carboxylic acids is 1. The second-order valence-electron chi connectivity index (χ2n) is 7.07.